The Morgan fingerprint density at radius 1 is 1.00 bits per heavy atom. The summed E-state index contributed by atoms with van der Waals surface area (Å²) in [7, 11) is 2.09. The van der Waals surface area contributed by atoms with Crippen LogP contribution in [0.3, 0.4) is 0 Å². The Morgan fingerprint density at radius 3 is 2.47 bits per heavy atom. The normalized spacial score (nSPS) is 24.9. The van der Waals surface area contributed by atoms with E-state index in [2.05, 4.69) is 41.5 Å². The maximum Gasteiger partial charge on any atom is 0.0417 e. The summed E-state index contributed by atoms with van der Waals surface area (Å²) in [6.07, 6.45) is 9.72. The molecule has 3 rings (SSSR count). The zero-order valence-corrected chi connectivity index (χ0v) is 12.1. The molecule has 104 valence electrons. The van der Waals surface area contributed by atoms with Gasteiger partial charge in [-0.1, -0.05) is 43.9 Å². The summed E-state index contributed by atoms with van der Waals surface area (Å²) in [6, 6.07) is 10.3. The summed E-state index contributed by atoms with van der Waals surface area (Å²) in [5.74, 6) is 0. The van der Waals surface area contributed by atoms with Crippen LogP contribution in [0.1, 0.15) is 56.6 Å². The molecular formula is C17H26N2. The standard InChI is InChI=1S/C17H26N2/c1-18-16-12-13-19(14-8-4-2-3-5-9-14)17-11-7-6-10-15(16)17/h6-7,10-11,14,16,18H,2-5,8-9,12-13H2,1H3. The fourth-order valence-corrected chi connectivity index (χ4v) is 3.84. The zero-order valence-electron chi connectivity index (χ0n) is 12.1. The van der Waals surface area contributed by atoms with Crippen LogP contribution in [0, 0.1) is 0 Å². The monoisotopic (exact) mass is 258 g/mol. The molecule has 1 fully saturated rings. The van der Waals surface area contributed by atoms with Crippen LogP contribution in [0.5, 0.6) is 0 Å². The van der Waals surface area contributed by atoms with Crippen molar-refractivity contribution in [3.63, 3.8) is 0 Å². The number of fused-ring (bicyclic) bond motifs is 1. The first kappa shape index (κ1) is 13.0. The Balaban J connectivity index is 1.86. The number of hydrogen-bond donors (Lipinski definition) is 1. The van der Waals surface area contributed by atoms with Crippen molar-refractivity contribution in [1.82, 2.24) is 5.32 Å². The van der Waals surface area contributed by atoms with E-state index in [4.69, 9.17) is 0 Å². The topological polar surface area (TPSA) is 15.3 Å². The van der Waals surface area contributed by atoms with E-state index in [9.17, 15) is 0 Å². The van der Waals surface area contributed by atoms with Crippen LogP contribution < -0.4 is 10.2 Å². The molecule has 1 N–H and O–H groups in total. The molecule has 1 heterocycles. The summed E-state index contributed by atoms with van der Waals surface area (Å²) in [4.78, 5) is 2.70. The molecule has 0 spiro atoms. The third-order valence-electron chi connectivity index (χ3n) is 4.89. The summed E-state index contributed by atoms with van der Waals surface area (Å²) in [5, 5.41) is 3.47. The quantitative estimate of drug-likeness (QED) is 0.810. The molecule has 1 aliphatic carbocycles. The Kier molecular flexibility index (Phi) is 4.07. The van der Waals surface area contributed by atoms with Gasteiger partial charge in [0.05, 0.1) is 0 Å². The molecule has 1 saturated carbocycles. The number of rotatable bonds is 2. The number of hydrogen-bond acceptors (Lipinski definition) is 2. The molecule has 1 atom stereocenters. The lowest BCUT2D eigenvalue weighted by molar-refractivity contribution is 0.457. The number of para-hydroxylation sites is 1. The van der Waals surface area contributed by atoms with Crippen molar-refractivity contribution in [3.8, 4) is 0 Å². The van der Waals surface area contributed by atoms with E-state index in [-0.39, 0.29) is 0 Å². The lowest BCUT2D eigenvalue weighted by Gasteiger charge is -2.40. The second-order valence-corrected chi connectivity index (χ2v) is 6.03. The zero-order chi connectivity index (χ0) is 13.1. The summed E-state index contributed by atoms with van der Waals surface area (Å²) in [6.45, 7) is 1.22. The van der Waals surface area contributed by atoms with Crippen molar-refractivity contribution in [3.05, 3.63) is 29.8 Å². The minimum absolute atomic E-state index is 0.540. The molecule has 0 aromatic heterocycles. The molecular weight excluding hydrogens is 232 g/mol. The van der Waals surface area contributed by atoms with E-state index in [0.717, 1.165) is 6.04 Å². The van der Waals surface area contributed by atoms with Crippen LogP contribution in [-0.4, -0.2) is 19.6 Å². The summed E-state index contributed by atoms with van der Waals surface area (Å²) >= 11 is 0. The minimum atomic E-state index is 0.540. The first-order valence-corrected chi connectivity index (χ1v) is 7.93. The van der Waals surface area contributed by atoms with Crippen molar-refractivity contribution in [1.29, 1.82) is 0 Å². The lowest BCUT2D eigenvalue weighted by atomic mass is 9.93. The van der Waals surface area contributed by atoms with Crippen LogP contribution in [0.4, 0.5) is 5.69 Å². The Labute approximate surface area is 117 Å². The molecule has 1 aliphatic heterocycles. The number of nitrogens with zero attached hydrogens (tertiary/aromatic N) is 1. The maximum absolute atomic E-state index is 3.47. The predicted molar refractivity (Wildman–Crippen MR) is 81.7 cm³/mol. The number of nitrogens with one attached hydrogen (secondary N) is 1. The van der Waals surface area contributed by atoms with Crippen LogP contribution in [0.25, 0.3) is 0 Å². The lowest BCUT2D eigenvalue weighted by Crippen LogP contribution is -2.41. The van der Waals surface area contributed by atoms with E-state index in [1.165, 1.54) is 62.7 Å². The smallest absolute Gasteiger partial charge is 0.0417 e. The number of benzene rings is 1. The van der Waals surface area contributed by atoms with Gasteiger partial charge >= 0.3 is 0 Å². The SMILES string of the molecule is CNC1CCN(C2CCCCCC2)c2ccccc21. The molecule has 2 nitrogen and oxygen atoms in total. The van der Waals surface area contributed by atoms with Crippen LogP contribution in [-0.2, 0) is 0 Å². The van der Waals surface area contributed by atoms with E-state index in [0.29, 0.717) is 6.04 Å². The largest absolute Gasteiger partial charge is 0.368 e. The van der Waals surface area contributed by atoms with Crippen LogP contribution in [0.2, 0.25) is 0 Å². The highest BCUT2D eigenvalue weighted by molar-refractivity contribution is 5.57. The van der Waals surface area contributed by atoms with Crippen molar-refractivity contribution < 1.29 is 0 Å². The predicted octanol–water partition coefficient (Wildman–Crippen LogP) is 3.88. The van der Waals surface area contributed by atoms with Crippen molar-refractivity contribution in [2.75, 3.05) is 18.5 Å². The van der Waals surface area contributed by atoms with E-state index in [1.807, 2.05) is 0 Å². The Hall–Kier alpha value is -1.02. The van der Waals surface area contributed by atoms with E-state index >= 15 is 0 Å². The van der Waals surface area contributed by atoms with Crippen molar-refractivity contribution >= 4 is 5.69 Å². The van der Waals surface area contributed by atoms with Crippen LogP contribution >= 0.6 is 0 Å². The van der Waals surface area contributed by atoms with E-state index in [1.54, 1.807) is 0 Å². The fraction of sp³-hybridized carbons (Fsp3) is 0.647. The van der Waals surface area contributed by atoms with Gasteiger partial charge in [-0.25, -0.2) is 0 Å². The number of anilines is 1. The van der Waals surface area contributed by atoms with Gasteiger partial charge < -0.3 is 10.2 Å². The van der Waals surface area contributed by atoms with Gasteiger partial charge in [-0.05, 0) is 37.9 Å². The summed E-state index contributed by atoms with van der Waals surface area (Å²) in [5.41, 5.74) is 2.99. The molecule has 1 aromatic rings. The molecule has 1 unspecified atom stereocenters. The Bertz CT molecular complexity index is 407. The molecule has 2 aliphatic rings. The molecule has 0 radical (unpaired) electrons. The van der Waals surface area contributed by atoms with Gasteiger partial charge in [0.25, 0.3) is 0 Å². The fourth-order valence-electron chi connectivity index (χ4n) is 3.84. The van der Waals surface area contributed by atoms with Crippen LogP contribution in [0.15, 0.2) is 24.3 Å². The Morgan fingerprint density at radius 2 is 1.74 bits per heavy atom. The summed E-state index contributed by atoms with van der Waals surface area (Å²) < 4.78 is 0. The molecule has 1 aromatic carbocycles. The highest BCUT2D eigenvalue weighted by Crippen LogP contribution is 2.37. The average molecular weight is 258 g/mol. The molecule has 0 saturated heterocycles. The van der Waals surface area contributed by atoms with E-state index < -0.39 is 0 Å². The maximum atomic E-state index is 3.47. The van der Waals surface area contributed by atoms with Gasteiger partial charge in [0.15, 0.2) is 0 Å². The molecule has 0 amide bonds. The first-order valence-electron chi connectivity index (χ1n) is 7.93. The van der Waals surface area contributed by atoms with Gasteiger partial charge in [0.2, 0.25) is 0 Å². The second-order valence-electron chi connectivity index (χ2n) is 6.03. The highest BCUT2D eigenvalue weighted by atomic mass is 15.2. The molecule has 2 heteroatoms. The van der Waals surface area contributed by atoms with Gasteiger partial charge in [-0.2, -0.15) is 0 Å². The van der Waals surface area contributed by atoms with Gasteiger partial charge in [0.1, 0.15) is 0 Å². The second kappa shape index (κ2) is 5.96. The third-order valence-corrected chi connectivity index (χ3v) is 4.89. The van der Waals surface area contributed by atoms with Gasteiger partial charge in [-0.15, -0.1) is 0 Å². The molecule has 0 bridgehead atoms. The average Bonchev–Trinajstić information content (AvgIpc) is 2.75. The first-order chi connectivity index (χ1) is 9.40. The van der Waals surface area contributed by atoms with Gasteiger partial charge in [-0.3, -0.25) is 0 Å². The van der Waals surface area contributed by atoms with Gasteiger partial charge in [0, 0.05) is 24.3 Å². The third kappa shape index (κ3) is 2.64. The highest BCUT2D eigenvalue weighted by Gasteiger charge is 2.28. The van der Waals surface area contributed by atoms with Crippen molar-refractivity contribution in [2.45, 2.75) is 57.0 Å². The van der Waals surface area contributed by atoms with Crippen molar-refractivity contribution in [2.24, 2.45) is 0 Å². The molecule has 19 heavy (non-hydrogen) atoms. The minimum Gasteiger partial charge on any atom is -0.368 e.